The smallest absolute Gasteiger partial charge is 0.200 e. The molecule has 0 bridgehead atoms. The van der Waals surface area contributed by atoms with Gasteiger partial charge in [0.15, 0.2) is 0 Å². The minimum atomic E-state index is 0.127. The van der Waals surface area contributed by atoms with Gasteiger partial charge in [-0.1, -0.05) is 0 Å². The summed E-state index contributed by atoms with van der Waals surface area (Å²) in [6.45, 7) is 11.2. The second-order valence-corrected chi connectivity index (χ2v) is 5.56. The first kappa shape index (κ1) is 14.5. The average Bonchev–Trinajstić information content (AvgIpc) is 3.03. The van der Waals surface area contributed by atoms with E-state index in [-0.39, 0.29) is 6.04 Å². The van der Waals surface area contributed by atoms with Crippen molar-refractivity contribution in [3.8, 4) is 0 Å². The fourth-order valence-corrected chi connectivity index (χ4v) is 3.01. The molecule has 7 nitrogen and oxygen atoms in total. The van der Waals surface area contributed by atoms with Gasteiger partial charge in [-0.15, -0.1) is 10.2 Å². The van der Waals surface area contributed by atoms with Crippen molar-refractivity contribution in [3.05, 3.63) is 35.0 Å². The first-order valence-electron chi connectivity index (χ1n) is 7.49. The minimum absolute atomic E-state index is 0.127. The van der Waals surface area contributed by atoms with Crippen molar-refractivity contribution >= 4 is 11.3 Å². The van der Waals surface area contributed by atoms with Gasteiger partial charge in [0.25, 0.3) is 0 Å². The predicted molar refractivity (Wildman–Crippen MR) is 84.9 cm³/mol. The van der Waals surface area contributed by atoms with E-state index in [1.807, 2.05) is 17.7 Å². The lowest BCUT2D eigenvalue weighted by atomic mass is 10.1. The van der Waals surface area contributed by atoms with E-state index < -0.39 is 0 Å². The first-order valence-corrected chi connectivity index (χ1v) is 7.49. The van der Waals surface area contributed by atoms with Crippen LogP contribution in [0.4, 0.5) is 5.69 Å². The Bertz CT molecular complexity index is 815. The fourth-order valence-electron chi connectivity index (χ4n) is 3.01. The molecule has 0 amide bonds. The Hall–Kier alpha value is -2.44. The molecule has 22 heavy (non-hydrogen) atoms. The molecule has 0 radical (unpaired) electrons. The van der Waals surface area contributed by atoms with Gasteiger partial charge in [-0.25, -0.2) is 0 Å². The van der Waals surface area contributed by atoms with Gasteiger partial charge < -0.3 is 5.32 Å². The van der Waals surface area contributed by atoms with E-state index in [4.69, 9.17) is 0 Å². The molecule has 3 aromatic rings. The lowest BCUT2D eigenvalue weighted by Crippen LogP contribution is -2.11. The quantitative estimate of drug-likeness (QED) is 0.801. The lowest BCUT2D eigenvalue weighted by Gasteiger charge is -2.17. The summed E-state index contributed by atoms with van der Waals surface area (Å²) < 4.78 is 3.73. The van der Waals surface area contributed by atoms with E-state index in [2.05, 4.69) is 53.4 Å². The van der Waals surface area contributed by atoms with Crippen molar-refractivity contribution in [1.82, 2.24) is 29.6 Å². The summed E-state index contributed by atoms with van der Waals surface area (Å²) in [5.74, 6) is 0. The maximum atomic E-state index is 4.59. The molecular formula is C15H21N7. The van der Waals surface area contributed by atoms with Gasteiger partial charge in [0.1, 0.15) is 6.33 Å². The van der Waals surface area contributed by atoms with Crippen LogP contribution in [-0.2, 0) is 6.54 Å². The number of nitrogens with one attached hydrogen (secondary N) is 1. The summed E-state index contributed by atoms with van der Waals surface area (Å²) in [6, 6.07) is 2.12. The Kier molecular flexibility index (Phi) is 3.56. The largest absolute Gasteiger partial charge is 0.375 e. The molecule has 116 valence electrons. The molecule has 0 saturated heterocycles. The Morgan fingerprint density at radius 1 is 1.23 bits per heavy atom. The molecule has 0 saturated carbocycles. The van der Waals surface area contributed by atoms with Gasteiger partial charge in [-0.05, 0) is 40.7 Å². The van der Waals surface area contributed by atoms with E-state index in [0.717, 1.165) is 29.3 Å². The van der Waals surface area contributed by atoms with Crippen LogP contribution in [-0.4, -0.2) is 29.6 Å². The van der Waals surface area contributed by atoms with Crippen molar-refractivity contribution in [2.75, 3.05) is 5.32 Å². The van der Waals surface area contributed by atoms with E-state index in [0.29, 0.717) is 0 Å². The molecule has 1 N–H and O–H groups in total. The molecule has 1 unspecified atom stereocenters. The van der Waals surface area contributed by atoms with Gasteiger partial charge in [0.2, 0.25) is 5.65 Å². The zero-order valence-electron chi connectivity index (χ0n) is 13.6. The van der Waals surface area contributed by atoms with Crippen LogP contribution in [0.1, 0.15) is 42.5 Å². The van der Waals surface area contributed by atoms with Crippen molar-refractivity contribution in [1.29, 1.82) is 0 Å². The average molecular weight is 299 g/mol. The summed E-state index contributed by atoms with van der Waals surface area (Å²) in [5, 5.41) is 20.6. The van der Waals surface area contributed by atoms with E-state index in [1.54, 1.807) is 10.8 Å². The molecule has 0 aromatic carbocycles. The molecule has 7 heteroatoms. The van der Waals surface area contributed by atoms with Crippen LogP contribution in [0.3, 0.4) is 0 Å². The molecule has 0 aliphatic carbocycles. The number of rotatable bonds is 4. The van der Waals surface area contributed by atoms with Crippen molar-refractivity contribution in [2.45, 2.75) is 47.2 Å². The SMILES string of the molecule is CCn1nc(C)c(C(C)Nc2cc(C)nn3cnnc23)c1C. The third kappa shape index (κ3) is 2.32. The third-order valence-corrected chi connectivity index (χ3v) is 3.93. The number of hydrogen-bond donors (Lipinski definition) is 1. The standard InChI is InChI=1S/C15H21N7/c1-6-21-12(5)14(11(4)20-21)10(3)17-13-7-9(2)19-22-8-16-18-15(13)22/h7-8,10,17H,6H2,1-5H3. The summed E-state index contributed by atoms with van der Waals surface area (Å²) in [7, 11) is 0. The van der Waals surface area contributed by atoms with Crippen LogP contribution in [0.25, 0.3) is 5.65 Å². The molecule has 3 heterocycles. The Balaban J connectivity index is 1.98. The zero-order chi connectivity index (χ0) is 15.9. The Morgan fingerprint density at radius 2 is 2.00 bits per heavy atom. The Morgan fingerprint density at radius 3 is 2.68 bits per heavy atom. The van der Waals surface area contributed by atoms with Gasteiger partial charge in [0.05, 0.1) is 23.1 Å². The summed E-state index contributed by atoms with van der Waals surface area (Å²) in [5.41, 5.74) is 6.07. The lowest BCUT2D eigenvalue weighted by molar-refractivity contribution is 0.632. The monoisotopic (exact) mass is 299 g/mol. The maximum absolute atomic E-state index is 4.59. The van der Waals surface area contributed by atoms with Crippen LogP contribution < -0.4 is 5.32 Å². The molecule has 0 spiro atoms. The van der Waals surface area contributed by atoms with Gasteiger partial charge in [-0.2, -0.15) is 14.7 Å². The number of fused-ring (bicyclic) bond motifs is 1. The number of anilines is 1. The highest BCUT2D eigenvalue weighted by molar-refractivity contribution is 5.67. The van der Waals surface area contributed by atoms with Gasteiger partial charge in [-0.3, -0.25) is 4.68 Å². The first-order chi connectivity index (χ1) is 10.5. The van der Waals surface area contributed by atoms with E-state index in [1.165, 1.54) is 11.3 Å². The molecule has 0 aliphatic heterocycles. The maximum Gasteiger partial charge on any atom is 0.200 e. The van der Waals surface area contributed by atoms with Gasteiger partial charge in [0, 0.05) is 17.8 Å². The molecule has 0 fully saturated rings. The highest BCUT2D eigenvalue weighted by Gasteiger charge is 2.18. The van der Waals surface area contributed by atoms with Crippen LogP contribution in [0.2, 0.25) is 0 Å². The summed E-state index contributed by atoms with van der Waals surface area (Å²) in [4.78, 5) is 0. The summed E-state index contributed by atoms with van der Waals surface area (Å²) >= 11 is 0. The summed E-state index contributed by atoms with van der Waals surface area (Å²) in [6.07, 6.45) is 1.61. The number of nitrogens with zero attached hydrogens (tertiary/aromatic N) is 6. The second-order valence-electron chi connectivity index (χ2n) is 5.56. The van der Waals surface area contributed by atoms with Crippen LogP contribution in [0, 0.1) is 20.8 Å². The molecule has 3 rings (SSSR count). The minimum Gasteiger partial charge on any atom is -0.375 e. The number of hydrogen-bond acceptors (Lipinski definition) is 5. The molecule has 0 aliphatic rings. The topological polar surface area (TPSA) is 72.9 Å². The van der Waals surface area contributed by atoms with E-state index in [9.17, 15) is 0 Å². The fraction of sp³-hybridized carbons (Fsp3) is 0.467. The van der Waals surface area contributed by atoms with Crippen LogP contribution >= 0.6 is 0 Å². The normalized spacial score (nSPS) is 12.8. The van der Waals surface area contributed by atoms with Crippen LogP contribution in [0.15, 0.2) is 12.4 Å². The number of aromatic nitrogens is 6. The highest BCUT2D eigenvalue weighted by atomic mass is 15.3. The van der Waals surface area contributed by atoms with E-state index >= 15 is 0 Å². The highest BCUT2D eigenvalue weighted by Crippen LogP contribution is 2.26. The van der Waals surface area contributed by atoms with Crippen LogP contribution in [0.5, 0.6) is 0 Å². The predicted octanol–water partition coefficient (Wildman–Crippen LogP) is 2.44. The molecular weight excluding hydrogens is 278 g/mol. The molecule has 3 aromatic heterocycles. The number of aryl methyl sites for hydroxylation is 3. The molecule has 1 atom stereocenters. The Labute approximate surface area is 129 Å². The second kappa shape index (κ2) is 5.40. The third-order valence-electron chi connectivity index (χ3n) is 3.93. The van der Waals surface area contributed by atoms with Gasteiger partial charge >= 0.3 is 0 Å². The van der Waals surface area contributed by atoms with Crippen molar-refractivity contribution in [3.63, 3.8) is 0 Å². The zero-order valence-corrected chi connectivity index (χ0v) is 13.6. The van der Waals surface area contributed by atoms with Crippen molar-refractivity contribution in [2.24, 2.45) is 0 Å². The van der Waals surface area contributed by atoms with Crippen molar-refractivity contribution < 1.29 is 0 Å².